The third-order valence-electron chi connectivity index (χ3n) is 4.26. The van der Waals surface area contributed by atoms with Crippen molar-refractivity contribution < 1.29 is 0 Å². The van der Waals surface area contributed by atoms with Gasteiger partial charge in [-0.3, -0.25) is 4.90 Å². The lowest BCUT2D eigenvalue weighted by Gasteiger charge is -2.20. The molecule has 4 nitrogen and oxygen atoms in total. The Morgan fingerprint density at radius 3 is 2.95 bits per heavy atom. The highest BCUT2D eigenvalue weighted by atomic mass is 15.2. The molecule has 114 valence electrons. The molecule has 0 spiro atoms. The number of nitrogens with one attached hydrogen (secondary N) is 1. The molecule has 1 aliphatic heterocycles. The minimum atomic E-state index is 0.463. The summed E-state index contributed by atoms with van der Waals surface area (Å²) < 4.78 is 2.28. The highest BCUT2D eigenvalue weighted by Crippen LogP contribution is 2.23. The van der Waals surface area contributed by atoms with E-state index in [0.717, 1.165) is 31.8 Å². The molecular formula is C17H26N4. The predicted molar refractivity (Wildman–Crippen MR) is 86.8 cm³/mol. The van der Waals surface area contributed by atoms with E-state index in [4.69, 9.17) is 4.98 Å². The fourth-order valence-corrected chi connectivity index (χ4v) is 3.11. The Bertz CT molecular complexity index is 607. The summed E-state index contributed by atoms with van der Waals surface area (Å²) in [5, 5.41) is 3.47. The monoisotopic (exact) mass is 286 g/mol. The van der Waals surface area contributed by atoms with Crippen LogP contribution in [0.5, 0.6) is 0 Å². The molecule has 0 unspecified atom stereocenters. The number of pyridine rings is 1. The molecule has 1 N–H and O–H groups in total. The van der Waals surface area contributed by atoms with Crippen LogP contribution in [0.1, 0.15) is 43.1 Å². The van der Waals surface area contributed by atoms with Crippen LogP contribution < -0.4 is 5.32 Å². The van der Waals surface area contributed by atoms with Gasteiger partial charge in [-0.25, -0.2) is 4.98 Å². The molecular weight excluding hydrogens is 260 g/mol. The first kappa shape index (κ1) is 14.5. The minimum Gasteiger partial charge on any atom is -0.315 e. The summed E-state index contributed by atoms with van der Waals surface area (Å²) in [5.74, 6) is 0.463. The average molecular weight is 286 g/mol. The SMILES string of the molecule is Cc1ccn2c(CN3CCCNCC3)c(C(C)C)nc2c1. The van der Waals surface area contributed by atoms with E-state index < -0.39 is 0 Å². The van der Waals surface area contributed by atoms with Crippen LogP contribution in [0.4, 0.5) is 0 Å². The van der Waals surface area contributed by atoms with Gasteiger partial charge in [-0.1, -0.05) is 13.8 Å². The average Bonchev–Trinajstić information content (AvgIpc) is 2.62. The van der Waals surface area contributed by atoms with Crippen LogP contribution in [0.15, 0.2) is 18.3 Å². The molecule has 1 fully saturated rings. The molecule has 0 aromatic carbocycles. The van der Waals surface area contributed by atoms with Crippen molar-refractivity contribution in [1.29, 1.82) is 0 Å². The first-order valence-electron chi connectivity index (χ1n) is 8.05. The molecule has 0 aliphatic carbocycles. The van der Waals surface area contributed by atoms with Crippen molar-refractivity contribution >= 4 is 5.65 Å². The van der Waals surface area contributed by atoms with Gasteiger partial charge in [-0.15, -0.1) is 0 Å². The van der Waals surface area contributed by atoms with Crippen molar-refractivity contribution in [3.05, 3.63) is 35.3 Å². The number of fused-ring (bicyclic) bond motifs is 1. The van der Waals surface area contributed by atoms with Crippen molar-refractivity contribution in [1.82, 2.24) is 19.6 Å². The number of hydrogen-bond acceptors (Lipinski definition) is 3. The van der Waals surface area contributed by atoms with E-state index in [0.29, 0.717) is 5.92 Å². The molecule has 2 aromatic rings. The van der Waals surface area contributed by atoms with E-state index >= 15 is 0 Å². The molecule has 21 heavy (non-hydrogen) atoms. The topological polar surface area (TPSA) is 32.6 Å². The Labute approximate surface area is 127 Å². The molecule has 3 heterocycles. The van der Waals surface area contributed by atoms with Crippen molar-refractivity contribution in [2.45, 2.75) is 39.7 Å². The Kier molecular flexibility index (Phi) is 4.27. The largest absolute Gasteiger partial charge is 0.315 e. The van der Waals surface area contributed by atoms with Gasteiger partial charge < -0.3 is 9.72 Å². The molecule has 2 aromatic heterocycles. The lowest BCUT2D eigenvalue weighted by molar-refractivity contribution is 0.279. The fraction of sp³-hybridized carbons (Fsp3) is 0.588. The Balaban J connectivity index is 1.96. The summed E-state index contributed by atoms with van der Waals surface area (Å²) in [5.41, 5.74) is 4.97. The molecule has 3 rings (SSSR count). The summed E-state index contributed by atoms with van der Waals surface area (Å²) >= 11 is 0. The second-order valence-electron chi connectivity index (χ2n) is 6.41. The maximum atomic E-state index is 4.88. The zero-order valence-electron chi connectivity index (χ0n) is 13.4. The van der Waals surface area contributed by atoms with Crippen LogP contribution in [-0.2, 0) is 6.54 Å². The fourth-order valence-electron chi connectivity index (χ4n) is 3.11. The van der Waals surface area contributed by atoms with Crippen LogP contribution in [0.2, 0.25) is 0 Å². The van der Waals surface area contributed by atoms with Gasteiger partial charge in [0.1, 0.15) is 5.65 Å². The van der Waals surface area contributed by atoms with Crippen molar-refractivity contribution in [3.63, 3.8) is 0 Å². The number of imidazole rings is 1. The maximum Gasteiger partial charge on any atom is 0.137 e. The van der Waals surface area contributed by atoms with E-state index in [-0.39, 0.29) is 0 Å². The number of rotatable bonds is 3. The molecule has 0 saturated carbocycles. The number of aromatic nitrogens is 2. The molecule has 1 aliphatic rings. The van der Waals surface area contributed by atoms with E-state index in [9.17, 15) is 0 Å². The van der Waals surface area contributed by atoms with Crippen molar-refractivity contribution in [2.24, 2.45) is 0 Å². The summed E-state index contributed by atoms with van der Waals surface area (Å²) in [6.45, 7) is 12.1. The first-order chi connectivity index (χ1) is 10.1. The van der Waals surface area contributed by atoms with E-state index in [1.54, 1.807) is 0 Å². The quantitative estimate of drug-likeness (QED) is 0.941. The normalized spacial score (nSPS) is 17.5. The third kappa shape index (κ3) is 3.11. The maximum absolute atomic E-state index is 4.88. The molecule has 0 radical (unpaired) electrons. The van der Waals surface area contributed by atoms with Crippen LogP contribution in [-0.4, -0.2) is 40.5 Å². The van der Waals surface area contributed by atoms with Gasteiger partial charge >= 0.3 is 0 Å². The highest BCUT2D eigenvalue weighted by molar-refractivity contribution is 5.46. The molecule has 0 amide bonds. The summed E-state index contributed by atoms with van der Waals surface area (Å²) in [4.78, 5) is 7.43. The molecule has 0 bridgehead atoms. The highest BCUT2D eigenvalue weighted by Gasteiger charge is 2.18. The Morgan fingerprint density at radius 1 is 1.29 bits per heavy atom. The first-order valence-corrected chi connectivity index (χ1v) is 8.05. The lowest BCUT2D eigenvalue weighted by Crippen LogP contribution is -2.28. The van der Waals surface area contributed by atoms with E-state index in [1.807, 2.05) is 0 Å². The van der Waals surface area contributed by atoms with Crippen LogP contribution in [0.3, 0.4) is 0 Å². The van der Waals surface area contributed by atoms with Crippen molar-refractivity contribution in [2.75, 3.05) is 26.2 Å². The number of nitrogens with zero attached hydrogens (tertiary/aromatic N) is 3. The van der Waals surface area contributed by atoms with E-state index in [1.165, 1.54) is 29.9 Å². The minimum absolute atomic E-state index is 0.463. The third-order valence-corrected chi connectivity index (χ3v) is 4.26. The van der Waals surface area contributed by atoms with Gasteiger partial charge in [0.05, 0.1) is 11.4 Å². The Morgan fingerprint density at radius 2 is 2.14 bits per heavy atom. The molecule has 4 heteroatoms. The zero-order chi connectivity index (χ0) is 14.8. The number of hydrogen-bond donors (Lipinski definition) is 1. The molecule has 0 atom stereocenters. The van der Waals surface area contributed by atoms with Gasteiger partial charge in [-0.05, 0) is 50.0 Å². The second kappa shape index (κ2) is 6.16. The number of aryl methyl sites for hydroxylation is 1. The smallest absolute Gasteiger partial charge is 0.137 e. The molecule has 1 saturated heterocycles. The van der Waals surface area contributed by atoms with Crippen LogP contribution in [0.25, 0.3) is 5.65 Å². The van der Waals surface area contributed by atoms with E-state index in [2.05, 4.69) is 53.7 Å². The van der Waals surface area contributed by atoms with Gasteiger partial charge in [0.15, 0.2) is 0 Å². The lowest BCUT2D eigenvalue weighted by atomic mass is 10.1. The second-order valence-corrected chi connectivity index (χ2v) is 6.41. The predicted octanol–water partition coefficient (Wildman–Crippen LogP) is 2.56. The van der Waals surface area contributed by atoms with Gasteiger partial charge in [0, 0.05) is 25.8 Å². The zero-order valence-corrected chi connectivity index (χ0v) is 13.4. The van der Waals surface area contributed by atoms with Gasteiger partial charge in [-0.2, -0.15) is 0 Å². The van der Waals surface area contributed by atoms with Gasteiger partial charge in [0.25, 0.3) is 0 Å². The summed E-state index contributed by atoms with van der Waals surface area (Å²) in [7, 11) is 0. The summed E-state index contributed by atoms with van der Waals surface area (Å²) in [6, 6.07) is 4.35. The van der Waals surface area contributed by atoms with Crippen LogP contribution >= 0.6 is 0 Å². The van der Waals surface area contributed by atoms with Gasteiger partial charge in [0.2, 0.25) is 0 Å². The standard InChI is InChI=1S/C17H26N4/c1-13(2)17-15(12-20-8-4-6-18-7-10-20)21-9-5-14(3)11-16(21)19-17/h5,9,11,13,18H,4,6-8,10,12H2,1-3H3. The van der Waals surface area contributed by atoms with Crippen LogP contribution in [0, 0.1) is 6.92 Å². The Hall–Kier alpha value is -1.39. The summed E-state index contributed by atoms with van der Waals surface area (Å²) in [6.07, 6.45) is 3.40. The van der Waals surface area contributed by atoms with Crippen molar-refractivity contribution in [3.8, 4) is 0 Å².